The van der Waals surface area contributed by atoms with E-state index in [1.807, 2.05) is 37.3 Å². The van der Waals surface area contributed by atoms with Gasteiger partial charge in [-0.25, -0.2) is 0 Å². The lowest BCUT2D eigenvalue weighted by molar-refractivity contribution is -0.115. The molecule has 2 aromatic rings. The summed E-state index contributed by atoms with van der Waals surface area (Å²) < 4.78 is 0. The fourth-order valence-corrected chi connectivity index (χ4v) is 1.89. The first-order chi connectivity index (χ1) is 9.19. The van der Waals surface area contributed by atoms with Gasteiger partial charge >= 0.3 is 0 Å². The number of carbonyl (C=O) groups is 1. The molecule has 0 aliphatic heterocycles. The van der Waals surface area contributed by atoms with Gasteiger partial charge in [0.1, 0.15) is 0 Å². The van der Waals surface area contributed by atoms with Crippen molar-refractivity contribution < 1.29 is 4.79 Å². The Morgan fingerprint density at radius 3 is 2.95 bits per heavy atom. The highest BCUT2D eigenvalue weighted by Crippen LogP contribution is 2.14. The molecule has 1 aromatic heterocycles. The largest absolute Gasteiger partial charge is 0.324 e. The van der Waals surface area contributed by atoms with Crippen LogP contribution in [0.4, 0.5) is 5.69 Å². The molecule has 0 unspecified atom stereocenters. The first-order valence-electron chi connectivity index (χ1n) is 6.12. The molecule has 0 atom stereocenters. The summed E-state index contributed by atoms with van der Waals surface area (Å²) in [7, 11) is 0. The summed E-state index contributed by atoms with van der Waals surface area (Å²) in [5.74, 6) is -0.0540. The molecule has 0 bridgehead atoms. The van der Waals surface area contributed by atoms with Crippen LogP contribution in [0.25, 0.3) is 6.08 Å². The van der Waals surface area contributed by atoms with Gasteiger partial charge in [-0.2, -0.15) is 0 Å². The van der Waals surface area contributed by atoms with Crippen molar-refractivity contribution in [3.63, 3.8) is 0 Å². The number of hydrogen-bond donors (Lipinski definition) is 1. The fraction of sp³-hybridized carbons (Fsp3) is 0.125. The molecule has 2 rings (SSSR count). The number of amides is 1. The number of nitrogens with one attached hydrogen (secondary N) is 1. The second-order valence-corrected chi connectivity index (χ2v) is 4.35. The smallest absolute Gasteiger partial charge is 0.228 e. The zero-order valence-corrected chi connectivity index (χ0v) is 10.9. The van der Waals surface area contributed by atoms with Crippen molar-refractivity contribution in [2.45, 2.75) is 13.3 Å². The number of aryl methyl sites for hydroxylation is 1. The van der Waals surface area contributed by atoms with Gasteiger partial charge in [0.2, 0.25) is 5.91 Å². The third kappa shape index (κ3) is 3.52. The minimum Gasteiger partial charge on any atom is -0.324 e. The molecular formula is C16H16N2O. The molecule has 1 heterocycles. The standard InChI is InChI=1S/C16H16N2O/c1-3-14-15(8-5-9-17-14)18-16(19)11-13-7-4-6-12(2)10-13/h3-10H,1,11H2,2H3,(H,18,19). The highest BCUT2D eigenvalue weighted by Gasteiger charge is 2.06. The zero-order chi connectivity index (χ0) is 13.7. The monoisotopic (exact) mass is 252 g/mol. The molecule has 1 aromatic carbocycles. The summed E-state index contributed by atoms with van der Waals surface area (Å²) in [5, 5.41) is 2.86. The Morgan fingerprint density at radius 1 is 1.37 bits per heavy atom. The third-order valence-corrected chi connectivity index (χ3v) is 2.75. The number of pyridine rings is 1. The van der Waals surface area contributed by atoms with Crippen molar-refractivity contribution in [1.82, 2.24) is 4.98 Å². The quantitative estimate of drug-likeness (QED) is 0.907. The van der Waals surface area contributed by atoms with E-state index in [1.165, 1.54) is 0 Å². The van der Waals surface area contributed by atoms with E-state index in [0.717, 1.165) is 11.1 Å². The molecule has 0 aliphatic rings. The molecule has 0 saturated carbocycles. The van der Waals surface area contributed by atoms with Crippen LogP contribution in [-0.2, 0) is 11.2 Å². The summed E-state index contributed by atoms with van der Waals surface area (Å²) in [5.41, 5.74) is 3.52. The summed E-state index contributed by atoms with van der Waals surface area (Å²) in [4.78, 5) is 16.1. The molecule has 3 heteroatoms. The number of nitrogens with zero attached hydrogens (tertiary/aromatic N) is 1. The van der Waals surface area contributed by atoms with Gasteiger partial charge in [0.05, 0.1) is 17.8 Å². The number of carbonyl (C=O) groups excluding carboxylic acids is 1. The van der Waals surface area contributed by atoms with E-state index in [0.29, 0.717) is 17.8 Å². The number of hydrogen-bond acceptors (Lipinski definition) is 2. The van der Waals surface area contributed by atoms with E-state index in [-0.39, 0.29) is 5.91 Å². The van der Waals surface area contributed by atoms with E-state index in [2.05, 4.69) is 16.9 Å². The molecule has 0 aliphatic carbocycles. The molecule has 0 radical (unpaired) electrons. The number of aromatic nitrogens is 1. The Labute approximate surface area is 113 Å². The summed E-state index contributed by atoms with van der Waals surface area (Å²) >= 11 is 0. The van der Waals surface area contributed by atoms with Crippen LogP contribution >= 0.6 is 0 Å². The lowest BCUT2D eigenvalue weighted by Gasteiger charge is -2.08. The Kier molecular flexibility index (Phi) is 4.08. The van der Waals surface area contributed by atoms with Crippen molar-refractivity contribution >= 4 is 17.7 Å². The van der Waals surface area contributed by atoms with Crippen molar-refractivity contribution in [1.29, 1.82) is 0 Å². The fourth-order valence-electron chi connectivity index (χ4n) is 1.89. The first kappa shape index (κ1) is 13.0. The number of benzene rings is 1. The van der Waals surface area contributed by atoms with E-state index in [4.69, 9.17) is 0 Å². The predicted molar refractivity (Wildman–Crippen MR) is 77.8 cm³/mol. The molecular weight excluding hydrogens is 236 g/mol. The van der Waals surface area contributed by atoms with Gasteiger partial charge in [-0.1, -0.05) is 36.4 Å². The molecule has 1 amide bonds. The highest BCUT2D eigenvalue weighted by atomic mass is 16.1. The Hall–Kier alpha value is -2.42. The lowest BCUT2D eigenvalue weighted by Crippen LogP contribution is -2.15. The second kappa shape index (κ2) is 5.96. The number of anilines is 1. The minimum atomic E-state index is -0.0540. The van der Waals surface area contributed by atoms with Gasteiger partial charge in [0, 0.05) is 6.20 Å². The van der Waals surface area contributed by atoms with Crippen molar-refractivity contribution in [2.75, 3.05) is 5.32 Å². The summed E-state index contributed by atoms with van der Waals surface area (Å²) in [6, 6.07) is 11.5. The van der Waals surface area contributed by atoms with Crippen molar-refractivity contribution in [2.24, 2.45) is 0 Å². The predicted octanol–water partition coefficient (Wildman–Crippen LogP) is 3.21. The maximum absolute atomic E-state index is 12.0. The maximum atomic E-state index is 12.0. The van der Waals surface area contributed by atoms with Crippen LogP contribution in [0.5, 0.6) is 0 Å². The molecule has 0 fully saturated rings. The summed E-state index contributed by atoms with van der Waals surface area (Å²) in [6.07, 6.45) is 3.66. The lowest BCUT2D eigenvalue weighted by atomic mass is 10.1. The van der Waals surface area contributed by atoms with Crippen LogP contribution in [0.15, 0.2) is 49.2 Å². The Morgan fingerprint density at radius 2 is 2.21 bits per heavy atom. The van der Waals surface area contributed by atoms with Crippen LogP contribution in [0, 0.1) is 6.92 Å². The van der Waals surface area contributed by atoms with Gasteiger partial charge < -0.3 is 5.32 Å². The van der Waals surface area contributed by atoms with Crippen LogP contribution in [0.3, 0.4) is 0 Å². The van der Waals surface area contributed by atoms with Crippen LogP contribution < -0.4 is 5.32 Å². The maximum Gasteiger partial charge on any atom is 0.228 e. The summed E-state index contributed by atoms with van der Waals surface area (Å²) in [6.45, 7) is 5.69. The van der Waals surface area contributed by atoms with Gasteiger partial charge in [0.25, 0.3) is 0 Å². The van der Waals surface area contributed by atoms with Crippen LogP contribution in [0.2, 0.25) is 0 Å². The van der Waals surface area contributed by atoms with Gasteiger partial charge in [-0.05, 0) is 30.7 Å². The van der Waals surface area contributed by atoms with E-state index in [9.17, 15) is 4.79 Å². The normalized spacial score (nSPS) is 9.95. The molecule has 96 valence electrons. The first-order valence-corrected chi connectivity index (χ1v) is 6.12. The SMILES string of the molecule is C=Cc1ncccc1NC(=O)Cc1cccc(C)c1. The average Bonchev–Trinajstić information content (AvgIpc) is 2.39. The molecule has 19 heavy (non-hydrogen) atoms. The van der Waals surface area contributed by atoms with Gasteiger partial charge in [0.15, 0.2) is 0 Å². The van der Waals surface area contributed by atoms with Crippen molar-refractivity contribution in [3.05, 3.63) is 66.0 Å². The minimum absolute atomic E-state index is 0.0540. The molecule has 0 saturated heterocycles. The van der Waals surface area contributed by atoms with Crippen molar-refractivity contribution in [3.8, 4) is 0 Å². The molecule has 3 nitrogen and oxygen atoms in total. The van der Waals surface area contributed by atoms with Crippen LogP contribution in [-0.4, -0.2) is 10.9 Å². The second-order valence-electron chi connectivity index (χ2n) is 4.35. The number of rotatable bonds is 4. The Balaban J connectivity index is 2.07. The van der Waals surface area contributed by atoms with Crippen LogP contribution in [0.1, 0.15) is 16.8 Å². The molecule has 0 spiro atoms. The van der Waals surface area contributed by atoms with Gasteiger partial charge in [-0.3, -0.25) is 9.78 Å². The average molecular weight is 252 g/mol. The highest BCUT2D eigenvalue weighted by molar-refractivity contribution is 5.93. The molecule has 1 N–H and O–H groups in total. The van der Waals surface area contributed by atoms with E-state index in [1.54, 1.807) is 18.3 Å². The zero-order valence-electron chi connectivity index (χ0n) is 10.9. The topological polar surface area (TPSA) is 42.0 Å². The van der Waals surface area contributed by atoms with E-state index >= 15 is 0 Å². The third-order valence-electron chi connectivity index (χ3n) is 2.75. The van der Waals surface area contributed by atoms with E-state index < -0.39 is 0 Å². The Bertz CT molecular complexity index is 605. The van der Waals surface area contributed by atoms with Gasteiger partial charge in [-0.15, -0.1) is 0 Å².